The highest BCUT2D eigenvalue weighted by Gasteiger charge is 2.19. The van der Waals surface area contributed by atoms with E-state index in [2.05, 4.69) is 10.3 Å². The van der Waals surface area contributed by atoms with Gasteiger partial charge in [0.05, 0.1) is 10.1 Å². The van der Waals surface area contributed by atoms with Crippen molar-refractivity contribution in [2.45, 2.75) is 30.4 Å². The fourth-order valence-electron chi connectivity index (χ4n) is 2.51. The van der Waals surface area contributed by atoms with Crippen LogP contribution >= 0.6 is 22.9 Å². The lowest BCUT2D eigenvalue weighted by atomic mass is 10.1. The maximum Gasteiger partial charge on any atom is 0.257 e. The first-order valence-corrected chi connectivity index (χ1v) is 11.3. The van der Waals surface area contributed by atoms with Crippen molar-refractivity contribution in [3.63, 3.8) is 0 Å². The average molecular weight is 435 g/mol. The summed E-state index contributed by atoms with van der Waals surface area (Å²) in [5.74, 6) is -0.341. The molecule has 0 atom stereocenters. The highest BCUT2D eigenvalue weighted by Crippen LogP contribution is 2.25. The Labute approximate surface area is 173 Å². The number of nitrogens with zero attached hydrogens (tertiary/aromatic N) is 1. The Morgan fingerprint density at radius 3 is 2.46 bits per heavy atom. The third-order valence-electron chi connectivity index (χ3n) is 4.16. The maximum atomic E-state index is 12.4. The van der Waals surface area contributed by atoms with Crippen LogP contribution in [0.5, 0.6) is 0 Å². The normalized spacial score (nSPS) is 11.6. The first kappa shape index (κ1) is 20.5. The standard InChI is InChI=1S/C20H19ClN2O3S2/c1-13(2)28(25,26)17-9-7-14(8-10-17)19(24)23-20-22-12-16(27-20)11-15-5-3-4-6-18(15)21/h3-10,12-13H,11H2,1-2H3,(H,22,23,24). The topological polar surface area (TPSA) is 76.1 Å². The second-order valence-electron chi connectivity index (χ2n) is 6.47. The van der Waals surface area contributed by atoms with Gasteiger partial charge >= 0.3 is 0 Å². The smallest absolute Gasteiger partial charge is 0.257 e. The zero-order valence-electron chi connectivity index (χ0n) is 15.3. The summed E-state index contributed by atoms with van der Waals surface area (Å²) in [5.41, 5.74) is 1.36. The van der Waals surface area contributed by atoms with E-state index >= 15 is 0 Å². The van der Waals surface area contributed by atoms with Crippen molar-refractivity contribution in [1.82, 2.24) is 4.98 Å². The van der Waals surface area contributed by atoms with Crippen LogP contribution in [0.15, 0.2) is 59.6 Å². The molecule has 0 radical (unpaired) electrons. The van der Waals surface area contributed by atoms with Gasteiger partial charge in [-0.25, -0.2) is 13.4 Å². The predicted octanol–water partition coefficient (Wildman–Crippen LogP) is 4.82. The number of anilines is 1. The Morgan fingerprint density at radius 1 is 1.14 bits per heavy atom. The number of amides is 1. The van der Waals surface area contributed by atoms with Gasteiger partial charge in [-0.05, 0) is 49.7 Å². The molecule has 0 aliphatic heterocycles. The summed E-state index contributed by atoms with van der Waals surface area (Å²) in [6.45, 7) is 3.25. The van der Waals surface area contributed by atoms with Crippen LogP contribution in [0.3, 0.4) is 0 Å². The number of hydrogen-bond donors (Lipinski definition) is 1. The van der Waals surface area contributed by atoms with Crippen molar-refractivity contribution < 1.29 is 13.2 Å². The van der Waals surface area contributed by atoms with E-state index < -0.39 is 15.1 Å². The third-order valence-corrected chi connectivity index (χ3v) is 7.61. The molecule has 0 aliphatic rings. The van der Waals surface area contributed by atoms with Crippen molar-refractivity contribution in [3.8, 4) is 0 Å². The quantitative estimate of drug-likeness (QED) is 0.603. The van der Waals surface area contributed by atoms with E-state index in [-0.39, 0.29) is 10.8 Å². The minimum atomic E-state index is -3.36. The van der Waals surface area contributed by atoms with Crippen molar-refractivity contribution in [2.24, 2.45) is 0 Å². The zero-order chi connectivity index (χ0) is 20.3. The molecule has 146 valence electrons. The summed E-state index contributed by atoms with van der Waals surface area (Å²) in [4.78, 5) is 17.8. The lowest BCUT2D eigenvalue weighted by molar-refractivity contribution is 0.102. The molecule has 1 heterocycles. The van der Waals surface area contributed by atoms with Gasteiger partial charge < -0.3 is 0 Å². The summed E-state index contributed by atoms with van der Waals surface area (Å²) in [6.07, 6.45) is 2.34. The maximum absolute atomic E-state index is 12.4. The van der Waals surface area contributed by atoms with Gasteiger partial charge in [-0.2, -0.15) is 0 Å². The Kier molecular flexibility index (Phi) is 6.17. The fraction of sp³-hybridized carbons (Fsp3) is 0.200. The summed E-state index contributed by atoms with van der Waals surface area (Å²) >= 11 is 7.55. The van der Waals surface area contributed by atoms with E-state index in [4.69, 9.17) is 11.6 Å². The molecular weight excluding hydrogens is 416 g/mol. The Balaban J connectivity index is 1.69. The van der Waals surface area contributed by atoms with Gasteiger partial charge in [-0.15, -0.1) is 11.3 Å². The van der Waals surface area contributed by atoms with Crippen molar-refractivity contribution in [3.05, 3.63) is 75.8 Å². The first-order valence-electron chi connectivity index (χ1n) is 8.61. The monoisotopic (exact) mass is 434 g/mol. The molecular formula is C20H19ClN2O3S2. The number of aromatic nitrogens is 1. The number of thiazole rings is 1. The number of hydrogen-bond acceptors (Lipinski definition) is 5. The largest absolute Gasteiger partial charge is 0.298 e. The second-order valence-corrected chi connectivity index (χ2v) is 10.5. The number of halogens is 1. The minimum absolute atomic E-state index is 0.204. The van der Waals surface area contributed by atoms with Crippen molar-refractivity contribution in [2.75, 3.05) is 5.32 Å². The molecule has 5 nitrogen and oxygen atoms in total. The van der Waals surface area contributed by atoms with Crippen LogP contribution in [0, 0.1) is 0 Å². The number of benzene rings is 2. The summed E-state index contributed by atoms with van der Waals surface area (Å²) in [6, 6.07) is 13.5. The van der Waals surface area contributed by atoms with E-state index in [0.717, 1.165) is 10.4 Å². The zero-order valence-corrected chi connectivity index (χ0v) is 17.7. The molecule has 3 rings (SSSR count). The number of rotatable bonds is 6. The highest BCUT2D eigenvalue weighted by atomic mass is 35.5. The van der Waals surface area contributed by atoms with Crippen LogP contribution in [0.4, 0.5) is 5.13 Å². The van der Waals surface area contributed by atoms with E-state index in [9.17, 15) is 13.2 Å². The number of carbonyl (C=O) groups is 1. The first-order chi connectivity index (χ1) is 13.3. The second kappa shape index (κ2) is 8.43. The Hall–Kier alpha value is -2.22. The predicted molar refractivity (Wildman–Crippen MR) is 113 cm³/mol. The molecule has 0 saturated carbocycles. The molecule has 0 aliphatic carbocycles. The van der Waals surface area contributed by atoms with E-state index in [0.29, 0.717) is 22.1 Å². The molecule has 0 spiro atoms. The molecule has 1 amide bonds. The van der Waals surface area contributed by atoms with Crippen LogP contribution < -0.4 is 5.32 Å². The van der Waals surface area contributed by atoms with E-state index in [1.165, 1.54) is 35.6 Å². The average Bonchev–Trinajstić information content (AvgIpc) is 3.10. The van der Waals surface area contributed by atoms with Gasteiger partial charge in [0.15, 0.2) is 15.0 Å². The lowest BCUT2D eigenvalue weighted by Crippen LogP contribution is -2.15. The van der Waals surface area contributed by atoms with Gasteiger partial charge in [0.25, 0.3) is 5.91 Å². The molecule has 0 unspecified atom stereocenters. The van der Waals surface area contributed by atoms with Gasteiger partial charge in [-0.1, -0.05) is 29.8 Å². The van der Waals surface area contributed by atoms with E-state index in [1.807, 2.05) is 24.3 Å². The van der Waals surface area contributed by atoms with Gasteiger partial charge in [0, 0.05) is 28.1 Å². The van der Waals surface area contributed by atoms with Crippen molar-refractivity contribution >= 4 is 43.8 Å². The molecule has 0 saturated heterocycles. The van der Waals surface area contributed by atoms with Crippen LogP contribution in [-0.4, -0.2) is 24.6 Å². The molecule has 2 aromatic carbocycles. The molecule has 1 N–H and O–H groups in total. The molecule has 3 aromatic rings. The van der Waals surface area contributed by atoms with Crippen molar-refractivity contribution in [1.29, 1.82) is 0 Å². The molecule has 0 fully saturated rings. The van der Waals surface area contributed by atoms with Crippen LogP contribution in [0.25, 0.3) is 0 Å². The van der Waals surface area contributed by atoms with E-state index in [1.54, 1.807) is 20.0 Å². The highest BCUT2D eigenvalue weighted by molar-refractivity contribution is 7.92. The Bertz CT molecular complexity index is 1090. The van der Waals surface area contributed by atoms with Gasteiger partial charge in [0.1, 0.15) is 0 Å². The van der Waals surface area contributed by atoms with Crippen LogP contribution in [0.2, 0.25) is 5.02 Å². The number of nitrogens with one attached hydrogen (secondary N) is 1. The number of carbonyl (C=O) groups excluding carboxylic acids is 1. The SMILES string of the molecule is CC(C)S(=O)(=O)c1ccc(C(=O)Nc2ncc(Cc3ccccc3Cl)s2)cc1. The minimum Gasteiger partial charge on any atom is -0.298 e. The molecule has 28 heavy (non-hydrogen) atoms. The molecule has 1 aromatic heterocycles. The fourth-order valence-corrected chi connectivity index (χ4v) is 4.61. The number of sulfone groups is 1. The van der Waals surface area contributed by atoms with Gasteiger partial charge in [-0.3, -0.25) is 10.1 Å². The van der Waals surface area contributed by atoms with Crippen LogP contribution in [-0.2, 0) is 16.3 Å². The Morgan fingerprint density at radius 2 is 1.82 bits per heavy atom. The summed E-state index contributed by atoms with van der Waals surface area (Å²) in [7, 11) is -3.36. The van der Waals surface area contributed by atoms with Gasteiger partial charge in [0.2, 0.25) is 0 Å². The molecule has 8 heteroatoms. The summed E-state index contributed by atoms with van der Waals surface area (Å²) in [5, 5.41) is 3.40. The summed E-state index contributed by atoms with van der Waals surface area (Å²) < 4.78 is 24.3. The third kappa shape index (κ3) is 4.60. The molecule has 0 bridgehead atoms. The van der Waals surface area contributed by atoms with Crippen LogP contribution in [0.1, 0.15) is 34.6 Å². The lowest BCUT2D eigenvalue weighted by Gasteiger charge is -2.08.